The lowest BCUT2D eigenvalue weighted by Crippen LogP contribution is -2.57. The third-order valence-electron chi connectivity index (χ3n) is 5.31. The summed E-state index contributed by atoms with van der Waals surface area (Å²) in [5.74, 6) is 1.05. The average Bonchev–Trinajstić information content (AvgIpc) is 3.04. The van der Waals surface area contributed by atoms with E-state index in [1.54, 1.807) is 0 Å². The second-order valence-electron chi connectivity index (χ2n) is 6.66. The van der Waals surface area contributed by atoms with Crippen molar-refractivity contribution in [3.05, 3.63) is 0 Å². The summed E-state index contributed by atoms with van der Waals surface area (Å²) in [6.45, 7) is 6.15. The molecule has 0 aromatic carbocycles. The second kappa shape index (κ2) is 9.96. The zero-order valence-electron chi connectivity index (χ0n) is 13.5. The standard InChI is InChI=1S/C16H29N3O.2ClH/c20-16(19-10-4-5-11-19)15(14-6-2-1-3-7-14)18-12-8-17-9-13-18;;/h14-15,17H,1-13H2;2*1H. The minimum absolute atomic E-state index is 0. The predicted octanol–water partition coefficient (Wildman–Crippen LogP) is 2.31. The number of carbonyl (C=O) groups is 1. The molecule has 1 amide bonds. The zero-order chi connectivity index (χ0) is 13.8. The van der Waals surface area contributed by atoms with E-state index >= 15 is 0 Å². The number of carbonyl (C=O) groups excluding carboxylic acids is 1. The Morgan fingerprint density at radius 3 is 2.05 bits per heavy atom. The van der Waals surface area contributed by atoms with Gasteiger partial charge in [-0.1, -0.05) is 19.3 Å². The number of likely N-dealkylation sites (tertiary alicyclic amines) is 1. The topological polar surface area (TPSA) is 35.6 Å². The van der Waals surface area contributed by atoms with E-state index in [2.05, 4.69) is 15.1 Å². The Labute approximate surface area is 147 Å². The molecule has 0 bridgehead atoms. The Hall–Kier alpha value is -0.0300. The van der Waals surface area contributed by atoms with Gasteiger partial charge in [-0.3, -0.25) is 9.69 Å². The third-order valence-corrected chi connectivity index (χ3v) is 5.31. The Kier molecular flexibility index (Phi) is 9.07. The molecule has 0 radical (unpaired) electrons. The van der Waals surface area contributed by atoms with E-state index in [9.17, 15) is 4.79 Å². The molecule has 0 aromatic rings. The van der Waals surface area contributed by atoms with Gasteiger partial charge < -0.3 is 10.2 Å². The first kappa shape index (κ1) is 20.0. The quantitative estimate of drug-likeness (QED) is 0.847. The van der Waals surface area contributed by atoms with Crippen LogP contribution in [0.15, 0.2) is 0 Å². The van der Waals surface area contributed by atoms with E-state index in [0.717, 1.165) is 39.3 Å². The van der Waals surface area contributed by atoms with Crippen LogP contribution in [0.1, 0.15) is 44.9 Å². The molecule has 22 heavy (non-hydrogen) atoms. The highest BCUT2D eigenvalue weighted by molar-refractivity contribution is 5.85. The van der Waals surface area contributed by atoms with Gasteiger partial charge in [-0.15, -0.1) is 24.8 Å². The molecule has 1 saturated carbocycles. The van der Waals surface area contributed by atoms with Crippen molar-refractivity contribution in [2.24, 2.45) is 5.92 Å². The van der Waals surface area contributed by atoms with Crippen LogP contribution in [0.2, 0.25) is 0 Å². The highest BCUT2D eigenvalue weighted by atomic mass is 35.5. The zero-order valence-corrected chi connectivity index (χ0v) is 15.1. The van der Waals surface area contributed by atoms with E-state index in [1.807, 2.05) is 0 Å². The van der Waals surface area contributed by atoms with Crippen molar-refractivity contribution >= 4 is 30.7 Å². The summed E-state index contributed by atoms with van der Waals surface area (Å²) in [6.07, 6.45) is 8.92. The number of rotatable bonds is 3. The van der Waals surface area contributed by atoms with Crippen LogP contribution >= 0.6 is 24.8 Å². The number of amides is 1. The van der Waals surface area contributed by atoms with Gasteiger partial charge in [0.1, 0.15) is 0 Å². The third kappa shape index (κ3) is 4.73. The number of piperazine rings is 1. The van der Waals surface area contributed by atoms with Gasteiger partial charge in [-0.2, -0.15) is 0 Å². The van der Waals surface area contributed by atoms with Crippen LogP contribution in [0.3, 0.4) is 0 Å². The molecule has 0 aromatic heterocycles. The molecule has 2 aliphatic heterocycles. The van der Waals surface area contributed by atoms with E-state index in [1.165, 1.54) is 44.9 Å². The summed E-state index contributed by atoms with van der Waals surface area (Å²) in [5.41, 5.74) is 0. The SMILES string of the molecule is Cl.Cl.O=C(C(C1CCCCC1)N1CCNCC1)N1CCCC1. The summed E-state index contributed by atoms with van der Waals surface area (Å²) in [6, 6.07) is 0.176. The summed E-state index contributed by atoms with van der Waals surface area (Å²) >= 11 is 0. The molecule has 1 N–H and O–H groups in total. The van der Waals surface area contributed by atoms with E-state index < -0.39 is 0 Å². The van der Waals surface area contributed by atoms with Crippen molar-refractivity contribution in [3.8, 4) is 0 Å². The number of nitrogens with zero attached hydrogens (tertiary/aromatic N) is 2. The first-order valence-corrected chi connectivity index (χ1v) is 8.60. The van der Waals surface area contributed by atoms with Crippen molar-refractivity contribution in [2.45, 2.75) is 51.0 Å². The number of nitrogens with one attached hydrogen (secondary N) is 1. The molecule has 0 spiro atoms. The van der Waals surface area contributed by atoms with Crippen LogP contribution < -0.4 is 5.32 Å². The van der Waals surface area contributed by atoms with Gasteiger partial charge in [0.25, 0.3) is 0 Å². The molecule has 2 heterocycles. The van der Waals surface area contributed by atoms with Crippen molar-refractivity contribution in [1.29, 1.82) is 0 Å². The minimum atomic E-state index is 0. The Balaban J connectivity index is 0.00000121. The Morgan fingerprint density at radius 2 is 1.45 bits per heavy atom. The van der Waals surface area contributed by atoms with Crippen LogP contribution in [0.5, 0.6) is 0 Å². The smallest absolute Gasteiger partial charge is 0.240 e. The molecule has 3 rings (SSSR count). The summed E-state index contributed by atoms with van der Waals surface area (Å²) in [5, 5.41) is 3.41. The molecule has 4 nitrogen and oxygen atoms in total. The Morgan fingerprint density at radius 1 is 0.864 bits per heavy atom. The first-order valence-electron chi connectivity index (χ1n) is 8.60. The maximum Gasteiger partial charge on any atom is 0.240 e. The van der Waals surface area contributed by atoms with Gasteiger partial charge in [0.05, 0.1) is 6.04 Å². The van der Waals surface area contributed by atoms with Gasteiger partial charge in [-0.05, 0) is 31.6 Å². The van der Waals surface area contributed by atoms with E-state index in [4.69, 9.17) is 0 Å². The van der Waals surface area contributed by atoms with Crippen molar-refractivity contribution < 1.29 is 4.79 Å². The Bertz CT molecular complexity index is 307. The minimum Gasteiger partial charge on any atom is -0.341 e. The molecule has 1 aliphatic carbocycles. The van der Waals surface area contributed by atoms with Crippen molar-refractivity contribution in [1.82, 2.24) is 15.1 Å². The largest absolute Gasteiger partial charge is 0.341 e. The monoisotopic (exact) mass is 351 g/mol. The fourth-order valence-corrected chi connectivity index (χ4v) is 4.19. The molecule has 130 valence electrons. The second-order valence-corrected chi connectivity index (χ2v) is 6.66. The molecule has 1 unspecified atom stereocenters. The van der Waals surface area contributed by atoms with Crippen LogP contribution in [0.4, 0.5) is 0 Å². The molecule has 2 saturated heterocycles. The lowest BCUT2D eigenvalue weighted by Gasteiger charge is -2.41. The van der Waals surface area contributed by atoms with Crippen LogP contribution in [0.25, 0.3) is 0 Å². The van der Waals surface area contributed by atoms with E-state index in [-0.39, 0.29) is 30.9 Å². The first-order chi connectivity index (χ1) is 9.86. The van der Waals surface area contributed by atoms with Gasteiger partial charge in [0, 0.05) is 39.3 Å². The number of hydrogen-bond acceptors (Lipinski definition) is 3. The maximum absolute atomic E-state index is 13.0. The summed E-state index contributed by atoms with van der Waals surface area (Å²) < 4.78 is 0. The van der Waals surface area contributed by atoms with Gasteiger partial charge in [0.2, 0.25) is 5.91 Å². The highest BCUT2D eigenvalue weighted by Gasteiger charge is 2.37. The summed E-state index contributed by atoms with van der Waals surface area (Å²) in [7, 11) is 0. The van der Waals surface area contributed by atoms with Crippen LogP contribution in [-0.4, -0.2) is 61.0 Å². The molecule has 3 aliphatic rings. The molecular weight excluding hydrogens is 321 g/mol. The van der Waals surface area contributed by atoms with Crippen LogP contribution in [-0.2, 0) is 4.79 Å². The fourth-order valence-electron chi connectivity index (χ4n) is 4.19. The average molecular weight is 352 g/mol. The molecular formula is C16H31Cl2N3O. The van der Waals surface area contributed by atoms with Gasteiger partial charge >= 0.3 is 0 Å². The maximum atomic E-state index is 13.0. The van der Waals surface area contributed by atoms with Gasteiger partial charge in [0.15, 0.2) is 0 Å². The number of halogens is 2. The van der Waals surface area contributed by atoms with Crippen molar-refractivity contribution in [2.75, 3.05) is 39.3 Å². The van der Waals surface area contributed by atoms with Crippen molar-refractivity contribution in [3.63, 3.8) is 0 Å². The lowest BCUT2D eigenvalue weighted by molar-refractivity contribution is -0.139. The lowest BCUT2D eigenvalue weighted by atomic mass is 9.82. The summed E-state index contributed by atoms with van der Waals surface area (Å²) in [4.78, 5) is 17.6. The molecule has 1 atom stereocenters. The molecule has 6 heteroatoms. The molecule has 3 fully saturated rings. The van der Waals surface area contributed by atoms with Gasteiger partial charge in [-0.25, -0.2) is 0 Å². The fraction of sp³-hybridized carbons (Fsp3) is 0.938. The normalized spacial score (nSPS) is 25.2. The van der Waals surface area contributed by atoms with E-state index in [0.29, 0.717) is 11.8 Å². The number of hydrogen-bond donors (Lipinski definition) is 1. The highest BCUT2D eigenvalue weighted by Crippen LogP contribution is 2.31. The van der Waals surface area contributed by atoms with Crippen LogP contribution in [0, 0.1) is 5.92 Å². The predicted molar refractivity (Wildman–Crippen MR) is 95.1 cm³/mol.